The summed E-state index contributed by atoms with van der Waals surface area (Å²) in [5, 5.41) is 17.5. The number of hydrogen-bond acceptors (Lipinski definition) is 5. The van der Waals surface area contributed by atoms with Gasteiger partial charge in [-0.15, -0.1) is 0 Å². The normalized spacial score (nSPS) is 20.6. The van der Waals surface area contributed by atoms with Crippen LogP contribution in [-0.2, 0) is 21.6 Å². The molecule has 1 aliphatic heterocycles. The van der Waals surface area contributed by atoms with Crippen LogP contribution in [0.15, 0.2) is 6.07 Å². The summed E-state index contributed by atoms with van der Waals surface area (Å²) >= 11 is 2.14. The van der Waals surface area contributed by atoms with Crippen molar-refractivity contribution in [2.45, 2.75) is 32.4 Å². The molecule has 6 nitrogen and oxygen atoms in total. The van der Waals surface area contributed by atoms with Gasteiger partial charge in [-0.1, -0.05) is 0 Å². The molecule has 0 amide bonds. The van der Waals surface area contributed by atoms with Gasteiger partial charge in [-0.05, 0) is 42.5 Å². The van der Waals surface area contributed by atoms with Crippen LogP contribution in [0.4, 0.5) is 0 Å². The molecule has 1 aromatic rings. The second kappa shape index (κ2) is 5.83. The SMILES string of the molecule is CC(C)(O)c1cc(I)nn1CCOC1NCCO1. The summed E-state index contributed by atoms with van der Waals surface area (Å²) in [5.41, 5.74) is -0.116. The van der Waals surface area contributed by atoms with Crippen molar-refractivity contribution >= 4 is 22.6 Å². The lowest BCUT2D eigenvalue weighted by Gasteiger charge is -2.19. The molecular weight excluding hydrogens is 349 g/mol. The second-order valence-electron chi connectivity index (χ2n) is 4.66. The van der Waals surface area contributed by atoms with Gasteiger partial charge in [-0.2, -0.15) is 5.10 Å². The van der Waals surface area contributed by atoms with Crippen molar-refractivity contribution < 1.29 is 14.6 Å². The Morgan fingerprint density at radius 1 is 1.72 bits per heavy atom. The van der Waals surface area contributed by atoms with E-state index in [1.807, 2.05) is 6.07 Å². The van der Waals surface area contributed by atoms with E-state index in [-0.39, 0.29) is 6.41 Å². The van der Waals surface area contributed by atoms with Gasteiger partial charge >= 0.3 is 0 Å². The first-order chi connectivity index (χ1) is 8.47. The molecular formula is C11H18IN3O3. The van der Waals surface area contributed by atoms with Gasteiger partial charge in [0.15, 0.2) is 0 Å². The predicted molar refractivity (Wildman–Crippen MR) is 73.9 cm³/mol. The Hall–Kier alpha value is -0.220. The van der Waals surface area contributed by atoms with Gasteiger partial charge in [-0.25, -0.2) is 0 Å². The Bertz CT molecular complexity index is 397. The molecule has 18 heavy (non-hydrogen) atoms. The quantitative estimate of drug-likeness (QED) is 0.748. The van der Waals surface area contributed by atoms with Gasteiger partial charge in [0, 0.05) is 6.54 Å². The summed E-state index contributed by atoms with van der Waals surface area (Å²) in [6.07, 6.45) is -0.315. The number of halogens is 1. The van der Waals surface area contributed by atoms with E-state index in [2.05, 4.69) is 33.0 Å². The van der Waals surface area contributed by atoms with Gasteiger partial charge in [-0.3, -0.25) is 10.00 Å². The molecule has 0 aromatic carbocycles. The minimum Gasteiger partial charge on any atom is -0.384 e. The molecule has 0 aliphatic carbocycles. The first-order valence-corrected chi connectivity index (χ1v) is 6.97. The Morgan fingerprint density at radius 2 is 2.50 bits per heavy atom. The Balaban J connectivity index is 1.92. The van der Waals surface area contributed by atoms with Crippen molar-refractivity contribution in [1.29, 1.82) is 0 Å². The molecule has 7 heteroatoms. The van der Waals surface area contributed by atoms with Gasteiger partial charge < -0.3 is 14.6 Å². The monoisotopic (exact) mass is 367 g/mol. The van der Waals surface area contributed by atoms with Crippen LogP contribution in [0.3, 0.4) is 0 Å². The lowest BCUT2D eigenvalue weighted by molar-refractivity contribution is -0.125. The van der Waals surface area contributed by atoms with E-state index >= 15 is 0 Å². The molecule has 2 heterocycles. The van der Waals surface area contributed by atoms with Crippen molar-refractivity contribution in [1.82, 2.24) is 15.1 Å². The number of hydrogen-bond donors (Lipinski definition) is 2. The highest BCUT2D eigenvalue weighted by molar-refractivity contribution is 14.1. The van der Waals surface area contributed by atoms with E-state index < -0.39 is 5.60 Å². The van der Waals surface area contributed by atoms with Crippen LogP contribution in [0.1, 0.15) is 19.5 Å². The third-order valence-corrected chi connectivity index (χ3v) is 3.16. The zero-order chi connectivity index (χ0) is 13.2. The summed E-state index contributed by atoms with van der Waals surface area (Å²) < 4.78 is 13.4. The summed E-state index contributed by atoms with van der Waals surface area (Å²) in [5.74, 6) is 0. The molecule has 1 unspecified atom stereocenters. The van der Waals surface area contributed by atoms with Crippen molar-refractivity contribution in [2.24, 2.45) is 0 Å². The number of ether oxygens (including phenoxy) is 2. The molecule has 1 aliphatic rings. The molecule has 0 saturated carbocycles. The molecule has 2 rings (SSSR count). The first-order valence-electron chi connectivity index (χ1n) is 5.89. The van der Waals surface area contributed by atoms with Gasteiger partial charge in [0.2, 0.25) is 6.41 Å². The van der Waals surface area contributed by atoms with Crippen LogP contribution in [0.5, 0.6) is 0 Å². The highest BCUT2D eigenvalue weighted by Gasteiger charge is 2.22. The molecule has 1 saturated heterocycles. The number of aromatic nitrogens is 2. The smallest absolute Gasteiger partial charge is 0.216 e. The maximum Gasteiger partial charge on any atom is 0.216 e. The minimum absolute atomic E-state index is 0.315. The van der Waals surface area contributed by atoms with E-state index in [1.165, 1.54) is 0 Å². The highest BCUT2D eigenvalue weighted by atomic mass is 127. The summed E-state index contributed by atoms with van der Waals surface area (Å²) in [6.45, 7) is 6.07. The van der Waals surface area contributed by atoms with Crippen LogP contribution in [-0.4, -0.2) is 41.1 Å². The largest absolute Gasteiger partial charge is 0.384 e. The van der Waals surface area contributed by atoms with Crippen molar-refractivity contribution in [3.05, 3.63) is 15.5 Å². The first kappa shape index (κ1) is 14.2. The van der Waals surface area contributed by atoms with E-state index in [1.54, 1.807) is 18.5 Å². The molecule has 0 bridgehead atoms. The van der Waals surface area contributed by atoms with Gasteiger partial charge in [0.1, 0.15) is 9.30 Å². The fraction of sp³-hybridized carbons (Fsp3) is 0.727. The number of nitrogens with zero attached hydrogens (tertiary/aromatic N) is 2. The molecule has 2 N–H and O–H groups in total. The number of nitrogens with one attached hydrogen (secondary N) is 1. The van der Waals surface area contributed by atoms with E-state index in [9.17, 15) is 5.11 Å². The summed E-state index contributed by atoms with van der Waals surface area (Å²) in [7, 11) is 0. The van der Waals surface area contributed by atoms with Crippen molar-refractivity contribution in [2.75, 3.05) is 19.8 Å². The Labute approximate surface area is 120 Å². The second-order valence-corrected chi connectivity index (χ2v) is 5.77. The fourth-order valence-electron chi connectivity index (χ4n) is 1.80. The predicted octanol–water partition coefficient (Wildman–Crippen LogP) is 0.635. The number of aliphatic hydroxyl groups is 1. The fourth-order valence-corrected chi connectivity index (χ4v) is 2.36. The lowest BCUT2D eigenvalue weighted by Crippen LogP contribution is -2.28. The Kier molecular flexibility index (Phi) is 4.59. The molecule has 1 atom stereocenters. The topological polar surface area (TPSA) is 68.5 Å². The van der Waals surface area contributed by atoms with Gasteiger partial charge in [0.25, 0.3) is 0 Å². The minimum atomic E-state index is -0.904. The molecule has 0 radical (unpaired) electrons. The molecule has 102 valence electrons. The van der Waals surface area contributed by atoms with E-state index in [4.69, 9.17) is 9.47 Å². The van der Waals surface area contributed by atoms with E-state index in [0.29, 0.717) is 19.8 Å². The van der Waals surface area contributed by atoms with Crippen LogP contribution >= 0.6 is 22.6 Å². The zero-order valence-electron chi connectivity index (χ0n) is 10.5. The van der Waals surface area contributed by atoms with Crippen LogP contribution < -0.4 is 5.32 Å². The third kappa shape index (κ3) is 3.64. The van der Waals surface area contributed by atoms with Crippen molar-refractivity contribution in [3.8, 4) is 0 Å². The maximum absolute atomic E-state index is 10.1. The van der Waals surface area contributed by atoms with Crippen molar-refractivity contribution in [3.63, 3.8) is 0 Å². The van der Waals surface area contributed by atoms with E-state index in [0.717, 1.165) is 15.9 Å². The Morgan fingerprint density at radius 3 is 3.11 bits per heavy atom. The maximum atomic E-state index is 10.1. The third-order valence-electron chi connectivity index (χ3n) is 2.63. The lowest BCUT2D eigenvalue weighted by atomic mass is 10.1. The van der Waals surface area contributed by atoms with Gasteiger partial charge in [0.05, 0.1) is 25.5 Å². The van der Waals surface area contributed by atoms with Crippen LogP contribution in [0.2, 0.25) is 0 Å². The zero-order valence-corrected chi connectivity index (χ0v) is 12.7. The molecule has 0 spiro atoms. The molecule has 1 fully saturated rings. The summed E-state index contributed by atoms with van der Waals surface area (Å²) in [6, 6.07) is 1.88. The number of rotatable bonds is 5. The van der Waals surface area contributed by atoms with Crippen LogP contribution in [0.25, 0.3) is 0 Å². The standard InChI is InChI=1S/C11H18IN3O3/c1-11(2,16)8-7-9(12)14-15(8)4-6-18-10-13-3-5-17-10/h7,10,13,16H,3-6H2,1-2H3. The highest BCUT2D eigenvalue weighted by Crippen LogP contribution is 2.21. The average molecular weight is 367 g/mol. The van der Waals surface area contributed by atoms with Crippen LogP contribution in [0, 0.1) is 3.70 Å². The average Bonchev–Trinajstić information content (AvgIpc) is 2.87. The summed E-state index contributed by atoms with van der Waals surface area (Å²) in [4.78, 5) is 0. The molecule has 1 aromatic heterocycles.